The minimum Gasteiger partial charge on any atom is -0.476 e. The van der Waals surface area contributed by atoms with Crippen LogP contribution in [0.15, 0.2) is 12.1 Å². The molecule has 0 saturated heterocycles. The van der Waals surface area contributed by atoms with Gasteiger partial charge >= 0.3 is 0 Å². The number of nitrogens with two attached hydrogens (primary N) is 2. The first-order valence-electron chi connectivity index (χ1n) is 4.25. The van der Waals surface area contributed by atoms with Crippen LogP contribution < -0.4 is 16.2 Å². The lowest BCUT2D eigenvalue weighted by molar-refractivity contribution is 0.0995. The molecule has 0 bridgehead atoms. The number of aromatic nitrogens is 1. The van der Waals surface area contributed by atoms with E-state index in [9.17, 15) is 4.79 Å². The zero-order chi connectivity index (χ0) is 10.6. The molecule has 0 aliphatic heterocycles. The highest BCUT2D eigenvalue weighted by atomic mass is 16.5. The van der Waals surface area contributed by atoms with Crippen molar-refractivity contribution < 1.29 is 9.53 Å². The van der Waals surface area contributed by atoms with Crippen LogP contribution in [-0.2, 0) is 0 Å². The van der Waals surface area contributed by atoms with Gasteiger partial charge in [0.1, 0.15) is 12.2 Å². The number of aryl methyl sites for hydroxylation is 1. The molecule has 5 nitrogen and oxygen atoms in total. The van der Waals surface area contributed by atoms with Gasteiger partial charge in [0.2, 0.25) is 5.88 Å². The maximum absolute atomic E-state index is 11.0. The lowest BCUT2D eigenvalue weighted by Crippen LogP contribution is -2.17. The van der Waals surface area contributed by atoms with Gasteiger partial charge in [-0.15, -0.1) is 0 Å². The standard InChI is InChI=1S/C9H13N3O2/c1-6-2-3-7(8(11)13)9(12-6)14-5-4-10/h2-3H,4-5,10H2,1H3,(H2,11,13). The molecule has 0 atom stereocenters. The number of hydrogen-bond acceptors (Lipinski definition) is 4. The molecule has 0 unspecified atom stereocenters. The van der Waals surface area contributed by atoms with Crippen molar-refractivity contribution in [2.45, 2.75) is 6.92 Å². The van der Waals surface area contributed by atoms with Crippen LogP contribution in [0.4, 0.5) is 0 Å². The van der Waals surface area contributed by atoms with E-state index in [1.807, 2.05) is 0 Å². The first-order chi connectivity index (χ1) is 6.65. The van der Waals surface area contributed by atoms with Gasteiger partial charge in [0.25, 0.3) is 5.91 Å². The molecule has 1 heterocycles. The van der Waals surface area contributed by atoms with Gasteiger partial charge in [0.15, 0.2) is 0 Å². The summed E-state index contributed by atoms with van der Waals surface area (Å²) in [5.41, 5.74) is 11.5. The predicted octanol–water partition coefficient (Wildman–Crippen LogP) is -0.174. The van der Waals surface area contributed by atoms with Crippen molar-refractivity contribution in [3.05, 3.63) is 23.4 Å². The number of primary amides is 1. The Morgan fingerprint density at radius 2 is 2.29 bits per heavy atom. The molecule has 0 aromatic carbocycles. The highest BCUT2D eigenvalue weighted by Gasteiger charge is 2.10. The monoisotopic (exact) mass is 195 g/mol. The van der Waals surface area contributed by atoms with Gasteiger partial charge in [-0.25, -0.2) is 4.98 Å². The largest absolute Gasteiger partial charge is 0.476 e. The number of rotatable bonds is 4. The second kappa shape index (κ2) is 4.57. The molecule has 76 valence electrons. The van der Waals surface area contributed by atoms with Crippen molar-refractivity contribution in [1.29, 1.82) is 0 Å². The zero-order valence-electron chi connectivity index (χ0n) is 7.99. The molecular weight excluding hydrogens is 182 g/mol. The van der Waals surface area contributed by atoms with Crippen molar-refractivity contribution in [2.24, 2.45) is 11.5 Å². The topological polar surface area (TPSA) is 91.2 Å². The second-order valence-corrected chi connectivity index (χ2v) is 2.81. The maximum Gasteiger partial charge on any atom is 0.254 e. The van der Waals surface area contributed by atoms with Crippen LogP contribution in [-0.4, -0.2) is 24.0 Å². The molecule has 0 radical (unpaired) electrons. The molecular formula is C9H13N3O2. The van der Waals surface area contributed by atoms with E-state index in [-0.39, 0.29) is 11.4 Å². The van der Waals surface area contributed by atoms with Gasteiger partial charge in [-0.1, -0.05) is 0 Å². The van der Waals surface area contributed by atoms with Crippen LogP contribution in [0, 0.1) is 6.92 Å². The quantitative estimate of drug-likeness (QED) is 0.697. The van der Waals surface area contributed by atoms with Crippen molar-refractivity contribution in [3.8, 4) is 5.88 Å². The predicted molar refractivity (Wildman–Crippen MR) is 52.0 cm³/mol. The molecule has 1 aromatic rings. The van der Waals surface area contributed by atoms with E-state index >= 15 is 0 Å². The SMILES string of the molecule is Cc1ccc(C(N)=O)c(OCCN)n1. The number of pyridine rings is 1. The van der Waals surface area contributed by atoms with Gasteiger partial charge in [-0.2, -0.15) is 0 Å². The summed E-state index contributed by atoms with van der Waals surface area (Å²) in [6.45, 7) is 2.49. The molecule has 14 heavy (non-hydrogen) atoms. The zero-order valence-corrected chi connectivity index (χ0v) is 7.99. The Balaban J connectivity index is 2.97. The van der Waals surface area contributed by atoms with Crippen LogP contribution >= 0.6 is 0 Å². The lowest BCUT2D eigenvalue weighted by Gasteiger charge is -2.07. The van der Waals surface area contributed by atoms with Gasteiger partial charge < -0.3 is 16.2 Å². The first-order valence-corrected chi connectivity index (χ1v) is 4.25. The molecule has 5 heteroatoms. The smallest absolute Gasteiger partial charge is 0.254 e. The Bertz CT molecular complexity index is 339. The summed E-state index contributed by atoms with van der Waals surface area (Å²) in [5.74, 6) is -0.299. The Kier molecular flexibility index (Phi) is 3.41. The third-order valence-electron chi connectivity index (χ3n) is 1.62. The number of nitrogens with zero attached hydrogens (tertiary/aromatic N) is 1. The highest BCUT2D eigenvalue weighted by Crippen LogP contribution is 2.14. The summed E-state index contributed by atoms with van der Waals surface area (Å²) in [6, 6.07) is 3.30. The summed E-state index contributed by atoms with van der Waals surface area (Å²) in [5, 5.41) is 0. The normalized spacial score (nSPS) is 9.86. The number of carbonyl (C=O) groups is 1. The minimum absolute atomic E-state index is 0.253. The molecule has 1 rings (SSSR count). The average molecular weight is 195 g/mol. The number of hydrogen-bond donors (Lipinski definition) is 2. The summed E-state index contributed by atoms with van der Waals surface area (Å²) in [4.78, 5) is 15.0. The average Bonchev–Trinajstić information content (AvgIpc) is 2.14. The third-order valence-corrected chi connectivity index (χ3v) is 1.62. The summed E-state index contributed by atoms with van der Waals surface area (Å²) in [6.07, 6.45) is 0. The number of ether oxygens (including phenoxy) is 1. The van der Waals surface area contributed by atoms with Crippen LogP contribution in [0.1, 0.15) is 16.1 Å². The van der Waals surface area contributed by atoms with E-state index in [0.29, 0.717) is 13.2 Å². The van der Waals surface area contributed by atoms with Crippen LogP contribution in [0.25, 0.3) is 0 Å². The van der Waals surface area contributed by atoms with E-state index in [4.69, 9.17) is 16.2 Å². The minimum atomic E-state index is -0.551. The highest BCUT2D eigenvalue weighted by molar-refractivity contribution is 5.95. The van der Waals surface area contributed by atoms with E-state index in [1.165, 1.54) is 0 Å². The first kappa shape index (κ1) is 10.5. The third kappa shape index (κ3) is 2.43. The molecule has 0 aliphatic rings. The number of carbonyl (C=O) groups excluding carboxylic acids is 1. The van der Waals surface area contributed by atoms with Gasteiger partial charge in [-0.3, -0.25) is 4.79 Å². The van der Waals surface area contributed by atoms with Crippen molar-refractivity contribution in [2.75, 3.05) is 13.2 Å². The second-order valence-electron chi connectivity index (χ2n) is 2.81. The number of amides is 1. The Morgan fingerprint density at radius 3 is 2.86 bits per heavy atom. The van der Waals surface area contributed by atoms with Crippen LogP contribution in [0.2, 0.25) is 0 Å². The van der Waals surface area contributed by atoms with Crippen molar-refractivity contribution in [3.63, 3.8) is 0 Å². The van der Waals surface area contributed by atoms with Gasteiger partial charge in [-0.05, 0) is 19.1 Å². The fraction of sp³-hybridized carbons (Fsp3) is 0.333. The molecule has 0 fully saturated rings. The Hall–Kier alpha value is -1.62. The molecule has 1 aromatic heterocycles. The molecule has 4 N–H and O–H groups in total. The lowest BCUT2D eigenvalue weighted by atomic mass is 10.2. The fourth-order valence-electron chi connectivity index (χ4n) is 0.986. The Morgan fingerprint density at radius 1 is 1.57 bits per heavy atom. The molecule has 0 aliphatic carbocycles. The van der Waals surface area contributed by atoms with Crippen molar-refractivity contribution >= 4 is 5.91 Å². The summed E-state index contributed by atoms with van der Waals surface area (Å²) in [7, 11) is 0. The van der Waals surface area contributed by atoms with E-state index in [1.54, 1.807) is 19.1 Å². The van der Waals surface area contributed by atoms with Gasteiger partial charge in [0, 0.05) is 12.2 Å². The fourth-order valence-corrected chi connectivity index (χ4v) is 0.986. The van der Waals surface area contributed by atoms with Crippen LogP contribution in [0.5, 0.6) is 5.88 Å². The molecule has 0 saturated carbocycles. The van der Waals surface area contributed by atoms with E-state index in [0.717, 1.165) is 5.69 Å². The molecule has 1 amide bonds. The van der Waals surface area contributed by atoms with Crippen LogP contribution in [0.3, 0.4) is 0 Å². The maximum atomic E-state index is 11.0. The van der Waals surface area contributed by atoms with Gasteiger partial charge in [0.05, 0.1) is 0 Å². The summed E-state index contributed by atoms with van der Waals surface area (Å²) < 4.78 is 5.19. The Labute approximate surface area is 82.1 Å². The van der Waals surface area contributed by atoms with E-state index < -0.39 is 5.91 Å². The molecule has 0 spiro atoms. The van der Waals surface area contributed by atoms with E-state index in [2.05, 4.69) is 4.98 Å². The van der Waals surface area contributed by atoms with Crippen molar-refractivity contribution in [1.82, 2.24) is 4.98 Å². The summed E-state index contributed by atoms with van der Waals surface area (Å²) >= 11 is 0.